The molecule has 18 heavy (non-hydrogen) atoms. The summed E-state index contributed by atoms with van der Waals surface area (Å²) in [5, 5.41) is 2.36. The van der Waals surface area contributed by atoms with E-state index >= 15 is 0 Å². The molecule has 1 atom stereocenters. The van der Waals surface area contributed by atoms with Crippen molar-refractivity contribution in [1.29, 1.82) is 0 Å². The molecule has 6 heteroatoms. The van der Waals surface area contributed by atoms with E-state index in [2.05, 4.69) is 21.2 Å². The molecule has 0 saturated carbocycles. The molecular formula is C12H11BrN2O3. The lowest BCUT2D eigenvalue weighted by atomic mass is 10.0. The van der Waals surface area contributed by atoms with Crippen LogP contribution in [0.15, 0.2) is 22.7 Å². The van der Waals surface area contributed by atoms with Crippen molar-refractivity contribution in [3.63, 3.8) is 0 Å². The number of amides is 2. The predicted octanol–water partition coefficient (Wildman–Crippen LogP) is 1.41. The van der Waals surface area contributed by atoms with E-state index in [4.69, 9.17) is 4.74 Å². The number of nitrogens with zero attached hydrogens (tertiary/aromatic N) is 1. The number of hydrogen-bond acceptors (Lipinski definition) is 4. The van der Waals surface area contributed by atoms with Crippen LogP contribution in [-0.2, 0) is 9.59 Å². The Balaban J connectivity index is 1.88. The zero-order chi connectivity index (χ0) is 12.7. The normalized spacial score (nSPS) is 22.5. The standard InChI is InChI=1S/C12H11BrN2O3/c13-7-1-2-8-10(5-7)18-6-15(8)9-3-4-11(16)14-12(9)17/h1-2,5,9H,3-4,6H2,(H,14,16,17). The maximum atomic E-state index is 11.8. The molecule has 0 aliphatic carbocycles. The average Bonchev–Trinajstić information content (AvgIpc) is 2.72. The summed E-state index contributed by atoms with van der Waals surface area (Å²) < 4.78 is 6.49. The zero-order valence-electron chi connectivity index (χ0n) is 9.48. The molecule has 2 heterocycles. The largest absolute Gasteiger partial charge is 0.471 e. The Bertz CT molecular complexity index is 532. The molecule has 0 aromatic heterocycles. The maximum Gasteiger partial charge on any atom is 0.249 e. The van der Waals surface area contributed by atoms with Crippen LogP contribution in [0.25, 0.3) is 0 Å². The first kappa shape index (κ1) is 11.5. The number of hydrogen-bond donors (Lipinski definition) is 1. The summed E-state index contributed by atoms with van der Waals surface area (Å²) in [5.41, 5.74) is 0.896. The Hall–Kier alpha value is -1.56. The van der Waals surface area contributed by atoms with E-state index in [0.717, 1.165) is 15.9 Å². The van der Waals surface area contributed by atoms with Gasteiger partial charge in [0.1, 0.15) is 11.8 Å². The topological polar surface area (TPSA) is 58.6 Å². The molecule has 5 nitrogen and oxygen atoms in total. The third-order valence-electron chi connectivity index (χ3n) is 3.18. The highest BCUT2D eigenvalue weighted by molar-refractivity contribution is 9.10. The molecule has 3 rings (SSSR count). The minimum Gasteiger partial charge on any atom is -0.471 e. The summed E-state index contributed by atoms with van der Waals surface area (Å²) in [4.78, 5) is 24.9. The zero-order valence-corrected chi connectivity index (χ0v) is 11.1. The van der Waals surface area contributed by atoms with Crippen LogP contribution in [0.4, 0.5) is 5.69 Å². The average molecular weight is 311 g/mol. The third-order valence-corrected chi connectivity index (χ3v) is 3.67. The van der Waals surface area contributed by atoms with Crippen LogP contribution in [0.2, 0.25) is 0 Å². The van der Waals surface area contributed by atoms with Gasteiger partial charge >= 0.3 is 0 Å². The van der Waals surface area contributed by atoms with Crippen LogP contribution in [-0.4, -0.2) is 24.6 Å². The van der Waals surface area contributed by atoms with Crippen molar-refractivity contribution < 1.29 is 14.3 Å². The predicted molar refractivity (Wildman–Crippen MR) is 68.3 cm³/mol. The Labute approximate surface area is 112 Å². The molecule has 1 N–H and O–H groups in total. The fourth-order valence-corrected chi connectivity index (χ4v) is 2.63. The minimum atomic E-state index is -0.329. The van der Waals surface area contributed by atoms with E-state index in [1.54, 1.807) is 0 Å². The number of carbonyl (C=O) groups excluding carboxylic acids is 2. The van der Waals surface area contributed by atoms with Crippen LogP contribution >= 0.6 is 15.9 Å². The highest BCUT2D eigenvalue weighted by atomic mass is 79.9. The summed E-state index contributed by atoms with van der Waals surface area (Å²) in [6.07, 6.45) is 0.905. The molecule has 1 unspecified atom stereocenters. The van der Waals surface area contributed by atoms with Crippen molar-refractivity contribution in [2.45, 2.75) is 18.9 Å². The molecule has 1 saturated heterocycles. The van der Waals surface area contributed by atoms with Crippen molar-refractivity contribution in [1.82, 2.24) is 5.32 Å². The maximum absolute atomic E-state index is 11.8. The van der Waals surface area contributed by atoms with Gasteiger partial charge in [0.2, 0.25) is 11.8 Å². The number of imide groups is 1. The Morgan fingerprint density at radius 1 is 1.39 bits per heavy atom. The molecule has 94 valence electrons. The number of nitrogens with one attached hydrogen (secondary N) is 1. The summed E-state index contributed by atoms with van der Waals surface area (Å²) in [5.74, 6) is 0.312. The molecular weight excluding hydrogens is 300 g/mol. The summed E-state index contributed by atoms with van der Waals surface area (Å²) in [6.45, 7) is 0.345. The van der Waals surface area contributed by atoms with E-state index in [0.29, 0.717) is 19.6 Å². The second-order valence-electron chi connectivity index (χ2n) is 4.32. The monoisotopic (exact) mass is 310 g/mol. The molecule has 1 aromatic rings. The van der Waals surface area contributed by atoms with E-state index in [-0.39, 0.29) is 17.9 Å². The lowest BCUT2D eigenvalue weighted by Gasteiger charge is -2.29. The molecule has 1 aromatic carbocycles. The first-order valence-electron chi connectivity index (χ1n) is 5.68. The Morgan fingerprint density at radius 2 is 2.22 bits per heavy atom. The van der Waals surface area contributed by atoms with Gasteiger partial charge in [0.15, 0.2) is 6.73 Å². The lowest BCUT2D eigenvalue weighted by molar-refractivity contribution is -0.134. The van der Waals surface area contributed by atoms with Crippen LogP contribution in [0.5, 0.6) is 5.75 Å². The number of anilines is 1. The van der Waals surface area contributed by atoms with Crippen molar-refractivity contribution in [3.8, 4) is 5.75 Å². The van der Waals surface area contributed by atoms with Crippen LogP contribution in [0.3, 0.4) is 0 Å². The van der Waals surface area contributed by atoms with Crippen LogP contribution < -0.4 is 15.0 Å². The van der Waals surface area contributed by atoms with Gasteiger partial charge in [-0.05, 0) is 24.6 Å². The van der Waals surface area contributed by atoms with Crippen LogP contribution in [0.1, 0.15) is 12.8 Å². The number of rotatable bonds is 1. The summed E-state index contributed by atoms with van der Waals surface area (Å²) >= 11 is 3.38. The SMILES string of the molecule is O=C1CCC(N2COc3cc(Br)ccc32)C(=O)N1. The molecule has 1 fully saturated rings. The van der Waals surface area contributed by atoms with Crippen molar-refractivity contribution in [2.75, 3.05) is 11.6 Å². The Morgan fingerprint density at radius 3 is 3.00 bits per heavy atom. The van der Waals surface area contributed by atoms with E-state index in [1.807, 2.05) is 23.1 Å². The number of carbonyl (C=O) groups is 2. The van der Waals surface area contributed by atoms with Crippen molar-refractivity contribution in [2.24, 2.45) is 0 Å². The molecule has 0 bridgehead atoms. The summed E-state index contributed by atoms with van der Waals surface area (Å²) in [6, 6.07) is 5.37. The first-order valence-corrected chi connectivity index (χ1v) is 6.47. The van der Waals surface area contributed by atoms with E-state index in [9.17, 15) is 9.59 Å². The number of benzene rings is 1. The first-order chi connectivity index (χ1) is 8.65. The van der Waals surface area contributed by atoms with Gasteiger partial charge in [-0.3, -0.25) is 14.9 Å². The highest BCUT2D eigenvalue weighted by Gasteiger charge is 2.35. The summed E-state index contributed by atoms with van der Waals surface area (Å²) in [7, 11) is 0. The van der Waals surface area contributed by atoms with Gasteiger partial charge in [-0.1, -0.05) is 15.9 Å². The lowest BCUT2D eigenvalue weighted by Crippen LogP contribution is -2.52. The van der Waals surface area contributed by atoms with Gasteiger partial charge in [-0.25, -0.2) is 0 Å². The van der Waals surface area contributed by atoms with Gasteiger partial charge in [0, 0.05) is 10.9 Å². The smallest absolute Gasteiger partial charge is 0.249 e. The van der Waals surface area contributed by atoms with Gasteiger partial charge in [-0.15, -0.1) is 0 Å². The Kier molecular flexibility index (Phi) is 2.74. The second-order valence-corrected chi connectivity index (χ2v) is 5.24. The highest BCUT2D eigenvalue weighted by Crippen LogP contribution is 2.38. The molecule has 0 spiro atoms. The number of fused-ring (bicyclic) bond motifs is 1. The second kappa shape index (κ2) is 4.28. The molecule has 0 radical (unpaired) electrons. The van der Waals surface area contributed by atoms with Gasteiger partial charge in [-0.2, -0.15) is 0 Å². The van der Waals surface area contributed by atoms with Gasteiger partial charge in [0.05, 0.1) is 5.69 Å². The van der Waals surface area contributed by atoms with Gasteiger partial charge in [0.25, 0.3) is 0 Å². The molecule has 2 aliphatic heterocycles. The minimum absolute atomic E-state index is 0.201. The van der Waals surface area contributed by atoms with Gasteiger partial charge < -0.3 is 9.64 Å². The third kappa shape index (κ3) is 1.86. The number of halogens is 1. The van der Waals surface area contributed by atoms with E-state index < -0.39 is 0 Å². The fraction of sp³-hybridized carbons (Fsp3) is 0.333. The van der Waals surface area contributed by atoms with Crippen molar-refractivity contribution in [3.05, 3.63) is 22.7 Å². The number of ether oxygens (including phenoxy) is 1. The van der Waals surface area contributed by atoms with E-state index in [1.165, 1.54) is 0 Å². The molecule has 2 aliphatic rings. The quantitative estimate of drug-likeness (QED) is 0.797. The fourth-order valence-electron chi connectivity index (χ4n) is 2.29. The number of piperidine rings is 1. The molecule has 2 amide bonds. The van der Waals surface area contributed by atoms with Crippen molar-refractivity contribution >= 4 is 33.4 Å². The van der Waals surface area contributed by atoms with Crippen LogP contribution in [0, 0.1) is 0 Å².